The fourth-order valence-electron chi connectivity index (χ4n) is 1.71. The van der Waals surface area contributed by atoms with Gasteiger partial charge >= 0.3 is 0 Å². The quantitative estimate of drug-likeness (QED) is 0.682. The zero-order valence-corrected chi connectivity index (χ0v) is 13.3. The first kappa shape index (κ1) is 16.9. The zero-order valence-electron chi connectivity index (χ0n) is 12.5. The summed E-state index contributed by atoms with van der Waals surface area (Å²) in [5.74, 6) is 0. The highest BCUT2D eigenvalue weighted by atomic mass is 32.2. The molecule has 0 amide bonds. The summed E-state index contributed by atoms with van der Waals surface area (Å²) in [6.07, 6.45) is 1.83. The Morgan fingerprint density at radius 2 is 1.75 bits per heavy atom. The van der Waals surface area contributed by atoms with E-state index in [0.29, 0.717) is 11.4 Å². The van der Waals surface area contributed by atoms with Crippen LogP contribution in [-0.4, -0.2) is 47.0 Å². The third-order valence-electron chi connectivity index (χ3n) is 2.82. The van der Waals surface area contributed by atoms with Crippen LogP contribution in [0, 0.1) is 0 Å². The summed E-state index contributed by atoms with van der Waals surface area (Å²) in [5, 5.41) is 3.22. The number of nitrogens with one attached hydrogen (secondary N) is 2. The summed E-state index contributed by atoms with van der Waals surface area (Å²) >= 11 is 0. The van der Waals surface area contributed by atoms with Crippen molar-refractivity contribution in [3.05, 3.63) is 24.3 Å². The molecule has 0 radical (unpaired) electrons. The van der Waals surface area contributed by atoms with Gasteiger partial charge in [-0.05, 0) is 57.7 Å². The van der Waals surface area contributed by atoms with Crippen LogP contribution >= 0.6 is 0 Å². The molecule has 0 aliphatic rings. The fourth-order valence-corrected chi connectivity index (χ4v) is 2.78. The van der Waals surface area contributed by atoms with Gasteiger partial charge in [0, 0.05) is 18.8 Å². The Hall–Kier alpha value is -1.11. The molecule has 5 nitrogen and oxygen atoms in total. The second kappa shape index (κ2) is 8.24. The molecular formula is C14H25N3O2S. The Kier molecular flexibility index (Phi) is 6.98. The summed E-state index contributed by atoms with van der Waals surface area (Å²) in [6, 6.07) is 6.85. The van der Waals surface area contributed by atoms with Gasteiger partial charge in [0.15, 0.2) is 0 Å². The van der Waals surface area contributed by atoms with Gasteiger partial charge in [0.25, 0.3) is 0 Å². The van der Waals surface area contributed by atoms with Gasteiger partial charge in [0.1, 0.15) is 0 Å². The fraction of sp³-hybridized carbons (Fsp3) is 0.571. The van der Waals surface area contributed by atoms with Gasteiger partial charge in [-0.2, -0.15) is 0 Å². The monoisotopic (exact) mass is 299 g/mol. The van der Waals surface area contributed by atoms with Crippen LogP contribution < -0.4 is 10.0 Å². The molecule has 1 rings (SSSR count). The number of rotatable bonds is 9. The summed E-state index contributed by atoms with van der Waals surface area (Å²) in [5.41, 5.74) is 0.943. The van der Waals surface area contributed by atoms with Gasteiger partial charge in [-0.15, -0.1) is 0 Å². The van der Waals surface area contributed by atoms with Crippen LogP contribution in [-0.2, 0) is 10.0 Å². The van der Waals surface area contributed by atoms with Gasteiger partial charge in [-0.25, -0.2) is 13.1 Å². The summed E-state index contributed by atoms with van der Waals surface area (Å²) in [4.78, 5) is 2.34. The van der Waals surface area contributed by atoms with Crippen LogP contribution in [0.15, 0.2) is 29.2 Å². The van der Waals surface area contributed by atoms with Crippen LogP contribution in [0.5, 0.6) is 0 Å². The van der Waals surface area contributed by atoms with Crippen molar-refractivity contribution in [1.82, 2.24) is 9.62 Å². The molecule has 0 bridgehead atoms. The van der Waals surface area contributed by atoms with Crippen molar-refractivity contribution in [2.45, 2.75) is 24.7 Å². The molecule has 2 N–H and O–H groups in total. The zero-order chi connectivity index (χ0) is 15.0. The molecule has 0 saturated heterocycles. The minimum absolute atomic E-state index is 0.310. The first-order chi connectivity index (χ1) is 9.45. The van der Waals surface area contributed by atoms with Crippen LogP contribution in [0.25, 0.3) is 0 Å². The van der Waals surface area contributed by atoms with Crippen LogP contribution in [0.2, 0.25) is 0 Å². The molecule has 0 spiro atoms. The van der Waals surface area contributed by atoms with Gasteiger partial charge in [0.05, 0.1) is 4.90 Å². The number of anilines is 1. The SMILES string of the molecule is CCCNc1ccc(S(=O)(=O)NCCCN(C)C)cc1. The van der Waals surface area contributed by atoms with Gasteiger partial charge < -0.3 is 10.2 Å². The lowest BCUT2D eigenvalue weighted by Gasteiger charge is -2.11. The molecule has 0 aliphatic carbocycles. The van der Waals surface area contributed by atoms with Crippen molar-refractivity contribution in [1.29, 1.82) is 0 Å². The molecule has 1 aromatic rings. The van der Waals surface area contributed by atoms with Gasteiger partial charge in [-0.3, -0.25) is 0 Å². The number of sulfonamides is 1. The second-order valence-electron chi connectivity index (χ2n) is 5.01. The molecular weight excluding hydrogens is 274 g/mol. The van der Waals surface area contributed by atoms with E-state index in [2.05, 4.69) is 17.0 Å². The average Bonchev–Trinajstić information content (AvgIpc) is 2.42. The number of hydrogen-bond donors (Lipinski definition) is 2. The van der Waals surface area contributed by atoms with Crippen LogP contribution in [0.3, 0.4) is 0 Å². The number of nitrogens with zero attached hydrogens (tertiary/aromatic N) is 1. The molecule has 1 aromatic carbocycles. The summed E-state index contributed by atoms with van der Waals surface area (Å²) < 4.78 is 26.7. The van der Waals surface area contributed by atoms with Crippen molar-refractivity contribution < 1.29 is 8.42 Å². The lowest BCUT2D eigenvalue weighted by atomic mass is 10.3. The molecule has 114 valence electrons. The minimum Gasteiger partial charge on any atom is -0.385 e. The normalized spacial score (nSPS) is 11.8. The van der Waals surface area contributed by atoms with Crippen molar-refractivity contribution >= 4 is 15.7 Å². The van der Waals surface area contributed by atoms with E-state index in [-0.39, 0.29) is 0 Å². The Bertz CT molecular complexity index is 484. The first-order valence-corrected chi connectivity index (χ1v) is 8.42. The van der Waals surface area contributed by atoms with E-state index in [0.717, 1.165) is 31.6 Å². The Labute approximate surface area is 122 Å². The smallest absolute Gasteiger partial charge is 0.240 e. The van der Waals surface area contributed by atoms with Crippen molar-refractivity contribution in [3.63, 3.8) is 0 Å². The van der Waals surface area contributed by atoms with E-state index >= 15 is 0 Å². The molecule has 0 fully saturated rings. The Balaban J connectivity index is 2.54. The lowest BCUT2D eigenvalue weighted by Crippen LogP contribution is -2.27. The molecule has 0 aromatic heterocycles. The Morgan fingerprint density at radius 1 is 1.10 bits per heavy atom. The maximum atomic E-state index is 12.1. The maximum absolute atomic E-state index is 12.1. The molecule has 0 unspecified atom stereocenters. The molecule has 0 aliphatic heterocycles. The highest BCUT2D eigenvalue weighted by Gasteiger charge is 2.12. The van der Waals surface area contributed by atoms with Gasteiger partial charge in [0.2, 0.25) is 10.0 Å². The van der Waals surface area contributed by atoms with E-state index < -0.39 is 10.0 Å². The summed E-state index contributed by atoms with van der Waals surface area (Å²) in [6.45, 7) is 4.29. The summed E-state index contributed by atoms with van der Waals surface area (Å²) in [7, 11) is 0.546. The number of hydrogen-bond acceptors (Lipinski definition) is 4. The van der Waals surface area contributed by atoms with E-state index in [9.17, 15) is 8.42 Å². The molecule has 0 saturated carbocycles. The van der Waals surface area contributed by atoms with Crippen molar-refractivity contribution in [2.24, 2.45) is 0 Å². The van der Waals surface area contributed by atoms with E-state index in [1.54, 1.807) is 24.3 Å². The highest BCUT2D eigenvalue weighted by molar-refractivity contribution is 7.89. The van der Waals surface area contributed by atoms with E-state index in [4.69, 9.17) is 0 Å². The molecule has 0 atom stereocenters. The predicted molar refractivity (Wildman–Crippen MR) is 83.6 cm³/mol. The second-order valence-corrected chi connectivity index (χ2v) is 6.77. The highest BCUT2D eigenvalue weighted by Crippen LogP contribution is 2.13. The standard InChI is InChI=1S/C14H25N3O2S/c1-4-10-15-13-6-8-14(9-7-13)20(18,19)16-11-5-12-17(2)3/h6-9,15-16H,4-5,10-12H2,1-3H3. The van der Waals surface area contributed by atoms with Crippen molar-refractivity contribution in [3.8, 4) is 0 Å². The van der Waals surface area contributed by atoms with Crippen LogP contribution in [0.1, 0.15) is 19.8 Å². The van der Waals surface area contributed by atoms with Crippen molar-refractivity contribution in [2.75, 3.05) is 39.0 Å². The first-order valence-electron chi connectivity index (χ1n) is 6.94. The van der Waals surface area contributed by atoms with Crippen LogP contribution in [0.4, 0.5) is 5.69 Å². The third kappa shape index (κ3) is 5.90. The topological polar surface area (TPSA) is 61.4 Å². The third-order valence-corrected chi connectivity index (χ3v) is 4.29. The maximum Gasteiger partial charge on any atom is 0.240 e. The van der Waals surface area contributed by atoms with E-state index in [1.807, 2.05) is 19.0 Å². The molecule has 6 heteroatoms. The average molecular weight is 299 g/mol. The predicted octanol–water partition coefficient (Wildman–Crippen LogP) is 1.74. The van der Waals surface area contributed by atoms with Gasteiger partial charge in [-0.1, -0.05) is 6.92 Å². The Morgan fingerprint density at radius 3 is 2.30 bits per heavy atom. The number of benzene rings is 1. The van der Waals surface area contributed by atoms with E-state index in [1.165, 1.54) is 0 Å². The largest absolute Gasteiger partial charge is 0.385 e. The molecule has 0 heterocycles. The molecule has 20 heavy (non-hydrogen) atoms. The minimum atomic E-state index is -3.39. The lowest BCUT2D eigenvalue weighted by molar-refractivity contribution is 0.400.